The molecule has 1 aromatic carbocycles. The van der Waals surface area contributed by atoms with Crippen molar-refractivity contribution in [3.05, 3.63) is 56.4 Å². The van der Waals surface area contributed by atoms with Crippen LogP contribution < -0.4 is 5.73 Å². The van der Waals surface area contributed by atoms with Crippen molar-refractivity contribution in [2.24, 2.45) is 5.73 Å². The molecule has 1 nitrogen and oxygen atoms in total. The minimum atomic E-state index is -0.225. The van der Waals surface area contributed by atoms with Gasteiger partial charge in [-0.25, -0.2) is 4.39 Å². The summed E-state index contributed by atoms with van der Waals surface area (Å²) in [5.74, 6) is -0.225. The van der Waals surface area contributed by atoms with Crippen molar-refractivity contribution in [1.29, 1.82) is 0 Å². The largest absolute Gasteiger partial charge is 0.327 e. The average molecular weight is 314 g/mol. The zero-order valence-electron chi connectivity index (χ0n) is 9.20. The number of halogens is 2. The summed E-state index contributed by atoms with van der Waals surface area (Å²) in [6.07, 6.45) is 1.52. The fraction of sp³-hybridized carbons (Fsp3) is 0.231. The van der Waals surface area contributed by atoms with Crippen molar-refractivity contribution in [2.75, 3.05) is 0 Å². The molecule has 2 rings (SSSR count). The van der Waals surface area contributed by atoms with E-state index in [0.29, 0.717) is 6.42 Å². The van der Waals surface area contributed by atoms with E-state index in [-0.39, 0.29) is 11.9 Å². The summed E-state index contributed by atoms with van der Waals surface area (Å²) in [6, 6.07) is 7.01. The third-order valence-electron chi connectivity index (χ3n) is 2.50. The fourth-order valence-corrected chi connectivity index (χ4v) is 3.01. The second-order valence-electron chi connectivity index (χ2n) is 4.08. The van der Waals surface area contributed by atoms with Gasteiger partial charge in [0.1, 0.15) is 5.82 Å². The Hall–Kier alpha value is -0.710. The van der Waals surface area contributed by atoms with Gasteiger partial charge in [0.25, 0.3) is 0 Å². The first kappa shape index (κ1) is 12.7. The van der Waals surface area contributed by atoms with Gasteiger partial charge < -0.3 is 5.73 Å². The first-order valence-corrected chi connectivity index (χ1v) is 7.08. The van der Waals surface area contributed by atoms with Crippen molar-refractivity contribution < 1.29 is 4.39 Å². The Labute approximate surface area is 113 Å². The zero-order chi connectivity index (χ0) is 12.3. The van der Waals surface area contributed by atoms with Crippen LogP contribution in [0.5, 0.6) is 0 Å². The van der Waals surface area contributed by atoms with Crippen LogP contribution >= 0.6 is 27.3 Å². The molecule has 4 heteroatoms. The Morgan fingerprint density at radius 2 is 2.00 bits per heavy atom. The van der Waals surface area contributed by atoms with E-state index in [1.165, 1.54) is 17.7 Å². The van der Waals surface area contributed by atoms with Gasteiger partial charge in [0.2, 0.25) is 0 Å². The van der Waals surface area contributed by atoms with Crippen LogP contribution in [0, 0.1) is 5.82 Å². The predicted molar refractivity (Wildman–Crippen MR) is 73.8 cm³/mol. The lowest BCUT2D eigenvalue weighted by Crippen LogP contribution is -2.25. The molecule has 1 aromatic heterocycles. The summed E-state index contributed by atoms with van der Waals surface area (Å²) >= 11 is 4.95. The highest BCUT2D eigenvalue weighted by atomic mass is 79.9. The van der Waals surface area contributed by atoms with E-state index < -0.39 is 0 Å². The molecule has 2 aromatic rings. The van der Waals surface area contributed by atoms with Gasteiger partial charge >= 0.3 is 0 Å². The summed E-state index contributed by atoms with van der Waals surface area (Å²) in [5, 5.41) is 4.14. The minimum absolute atomic E-state index is 0.0262. The monoisotopic (exact) mass is 313 g/mol. The van der Waals surface area contributed by atoms with E-state index in [4.69, 9.17) is 5.73 Å². The number of hydrogen-bond donors (Lipinski definition) is 1. The summed E-state index contributed by atoms with van der Waals surface area (Å²) in [4.78, 5) is 0. The maximum Gasteiger partial charge on any atom is 0.124 e. The van der Waals surface area contributed by atoms with Gasteiger partial charge in [-0.05, 0) is 59.0 Å². The number of benzene rings is 1. The molecule has 0 saturated heterocycles. The highest BCUT2D eigenvalue weighted by Gasteiger charge is 2.07. The molecule has 2 N–H and O–H groups in total. The standard InChI is InChI=1S/C13H13BrFNS/c14-11-3-10(4-12(15)7-11)6-13(16)5-9-1-2-17-8-9/h1-4,7-8,13H,5-6,16H2. The number of hydrogen-bond acceptors (Lipinski definition) is 2. The van der Waals surface area contributed by atoms with Crippen molar-refractivity contribution >= 4 is 27.3 Å². The second-order valence-corrected chi connectivity index (χ2v) is 5.77. The summed E-state index contributed by atoms with van der Waals surface area (Å²) in [6.45, 7) is 0. The molecule has 17 heavy (non-hydrogen) atoms. The van der Waals surface area contributed by atoms with E-state index in [1.807, 2.05) is 11.4 Å². The Bertz CT molecular complexity index is 464. The third-order valence-corrected chi connectivity index (χ3v) is 3.69. The molecule has 0 spiro atoms. The molecule has 0 saturated carbocycles. The van der Waals surface area contributed by atoms with Crippen LogP contribution in [0.2, 0.25) is 0 Å². The number of thiophene rings is 1. The number of nitrogens with two attached hydrogens (primary N) is 1. The molecule has 0 aliphatic carbocycles. The molecule has 0 bridgehead atoms. The Morgan fingerprint density at radius 1 is 1.24 bits per heavy atom. The van der Waals surface area contributed by atoms with Gasteiger partial charge in [-0.2, -0.15) is 11.3 Å². The Morgan fingerprint density at radius 3 is 2.65 bits per heavy atom. The van der Waals surface area contributed by atoms with Crippen LogP contribution in [0.4, 0.5) is 4.39 Å². The lowest BCUT2D eigenvalue weighted by atomic mass is 10.0. The summed E-state index contributed by atoms with van der Waals surface area (Å²) in [7, 11) is 0. The minimum Gasteiger partial charge on any atom is -0.327 e. The van der Waals surface area contributed by atoms with Gasteiger partial charge in [0, 0.05) is 10.5 Å². The van der Waals surface area contributed by atoms with Gasteiger partial charge in [0.05, 0.1) is 0 Å². The summed E-state index contributed by atoms with van der Waals surface area (Å²) < 4.78 is 13.9. The van der Waals surface area contributed by atoms with Gasteiger partial charge in [-0.15, -0.1) is 0 Å². The molecular formula is C13H13BrFNS. The number of rotatable bonds is 4. The topological polar surface area (TPSA) is 26.0 Å². The first-order valence-electron chi connectivity index (χ1n) is 5.35. The molecule has 0 fully saturated rings. The van der Waals surface area contributed by atoms with Crippen molar-refractivity contribution in [3.8, 4) is 0 Å². The van der Waals surface area contributed by atoms with E-state index in [0.717, 1.165) is 16.5 Å². The lowest BCUT2D eigenvalue weighted by molar-refractivity contribution is 0.617. The fourth-order valence-electron chi connectivity index (χ4n) is 1.82. The lowest BCUT2D eigenvalue weighted by Gasteiger charge is -2.11. The molecule has 1 unspecified atom stereocenters. The summed E-state index contributed by atoms with van der Waals surface area (Å²) in [5.41, 5.74) is 8.24. The van der Waals surface area contributed by atoms with E-state index in [2.05, 4.69) is 27.4 Å². The van der Waals surface area contributed by atoms with Crippen LogP contribution in [0.25, 0.3) is 0 Å². The predicted octanol–water partition coefficient (Wildman–Crippen LogP) is 3.76. The molecule has 0 radical (unpaired) electrons. The molecule has 90 valence electrons. The van der Waals surface area contributed by atoms with Crippen LogP contribution in [-0.2, 0) is 12.8 Å². The van der Waals surface area contributed by atoms with Gasteiger partial charge in [-0.1, -0.05) is 15.9 Å². The molecule has 1 atom stereocenters. The van der Waals surface area contributed by atoms with Crippen LogP contribution in [0.3, 0.4) is 0 Å². The van der Waals surface area contributed by atoms with Crippen LogP contribution in [0.15, 0.2) is 39.5 Å². The van der Waals surface area contributed by atoms with E-state index in [1.54, 1.807) is 11.3 Å². The maximum absolute atomic E-state index is 13.2. The SMILES string of the molecule is NC(Cc1ccsc1)Cc1cc(F)cc(Br)c1. The van der Waals surface area contributed by atoms with Crippen LogP contribution in [-0.4, -0.2) is 6.04 Å². The molecular weight excluding hydrogens is 301 g/mol. The molecule has 1 heterocycles. The van der Waals surface area contributed by atoms with Crippen LogP contribution in [0.1, 0.15) is 11.1 Å². The van der Waals surface area contributed by atoms with E-state index >= 15 is 0 Å². The average Bonchev–Trinajstić information content (AvgIpc) is 2.67. The molecule has 0 aliphatic heterocycles. The Kier molecular flexibility index (Phi) is 4.31. The van der Waals surface area contributed by atoms with E-state index in [9.17, 15) is 4.39 Å². The third kappa shape index (κ3) is 3.91. The Balaban J connectivity index is 2.00. The zero-order valence-corrected chi connectivity index (χ0v) is 11.6. The highest BCUT2D eigenvalue weighted by Crippen LogP contribution is 2.17. The smallest absolute Gasteiger partial charge is 0.124 e. The molecule has 0 amide bonds. The maximum atomic E-state index is 13.2. The first-order chi connectivity index (χ1) is 8.13. The normalized spacial score (nSPS) is 12.6. The van der Waals surface area contributed by atoms with Crippen molar-refractivity contribution in [1.82, 2.24) is 0 Å². The quantitative estimate of drug-likeness (QED) is 0.913. The molecule has 0 aliphatic rings. The van der Waals surface area contributed by atoms with Crippen molar-refractivity contribution in [3.63, 3.8) is 0 Å². The highest BCUT2D eigenvalue weighted by molar-refractivity contribution is 9.10. The van der Waals surface area contributed by atoms with Gasteiger partial charge in [-0.3, -0.25) is 0 Å². The second kappa shape index (κ2) is 5.76. The van der Waals surface area contributed by atoms with Crippen molar-refractivity contribution in [2.45, 2.75) is 18.9 Å². The van der Waals surface area contributed by atoms with Gasteiger partial charge in [0.15, 0.2) is 0 Å².